The summed E-state index contributed by atoms with van der Waals surface area (Å²) in [5.41, 5.74) is 4.27. The molecule has 0 saturated heterocycles. The van der Waals surface area contributed by atoms with Crippen LogP contribution in [0.1, 0.15) is 18.1 Å². The number of nitrogens with one attached hydrogen (secondary N) is 1. The van der Waals surface area contributed by atoms with Crippen molar-refractivity contribution in [2.45, 2.75) is 13.8 Å². The summed E-state index contributed by atoms with van der Waals surface area (Å²) < 4.78 is 10.8. The van der Waals surface area contributed by atoms with E-state index < -0.39 is 0 Å². The standard InChI is InChI=1S/C25H22Cl2N4O3/c1-4-34-19-8-6-18(7-9-19)31-29-22-11-15(2)21(14-23(22)30-31)28-24(32)10-5-16-12-17(26)13-20(27)25(16)33-3/h5-14H,4H2,1-3H3,(H,28,32)/b10-5+. The van der Waals surface area contributed by atoms with Crippen LogP contribution in [0.25, 0.3) is 22.8 Å². The van der Waals surface area contributed by atoms with Gasteiger partial charge in [-0.05, 0) is 74.0 Å². The van der Waals surface area contributed by atoms with Crippen LogP contribution in [0.5, 0.6) is 11.5 Å². The smallest absolute Gasteiger partial charge is 0.248 e. The average molecular weight is 497 g/mol. The van der Waals surface area contributed by atoms with E-state index in [1.165, 1.54) is 13.2 Å². The van der Waals surface area contributed by atoms with E-state index in [1.54, 1.807) is 29.1 Å². The summed E-state index contributed by atoms with van der Waals surface area (Å²) in [7, 11) is 1.51. The number of benzene rings is 3. The first kappa shape index (κ1) is 23.6. The molecule has 0 aliphatic carbocycles. The lowest BCUT2D eigenvalue weighted by molar-refractivity contribution is -0.111. The maximum atomic E-state index is 12.6. The van der Waals surface area contributed by atoms with E-state index in [9.17, 15) is 4.79 Å². The van der Waals surface area contributed by atoms with Crippen molar-refractivity contribution >= 4 is 51.9 Å². The molecule has 0 unspecified atom stereocenters. The van der Waals surface area contributed by atoms with Gasteiger partial charge in [0.15, 0.2) is 0 Å². The third kappa shape index (κ3) is 5.16. The van der Waals surface area contributed by atoms with Crippen molar-refractivity contribution in [2.24, 2.45) is 0 Å². The van der Waals surface area contributed by atoms with Gasteiger partial charge < -0.3 is 14.8 Å². The Morgan fingerprint density at radius 2 is 1.79 bits per heavy atom. The molecule has 4 aromatic rings. The van der Waals surface area contributed by atoms with Gasteiger partial charge >= 0.3 is 0 Å². The Labute approximate surface area is 206 Å². The summed E-state index contributed by atoms with van der Waals surface area (Å²) in [6.07, 6.45) is 2.99. The van der Waals surface area contributed by atoms with Crippen LogP contribution in [-0.2, 0) is 4.79 Å². The number of carbonyl (C=O) groups excluding carboxylic acids is 1. The Bertz CT molecular complexity index is 1380. The number of amides is 1. The first-order valence-corrected chi connectivity index (χ1v) is 11.3. The van der Waals surface area contributed by atoms with Gasteiger partial charge in [-0.25, -0.2) is 0 Å². The summed E-state index contributed by atoms with van der Waals surface area (Å²) in [4.78, 5) is 14.2. The van der Waals surface area contributed by atoms with Gasteiger partial charge in [-0.1, -0.05) is 23.2 Å². The zero-order valence-corrected chi connectivity index (χ0v) is 20.3. The lowest BCUT2D eigenvalue weighted by Crippen LogP contribution is -2.09. The van der Waals surface area contributed by atoms with Crippen molar-refractivity contribution in [3.8, 4) is 17.2 Å². The van der Waals surface area contributed by atoms with Crippen LogP contribution >= 0.6 is 23.2 Å². The number of aromatic nitrogens is 3. The predicted molar refractivity (Wildman–Crippen MR) is 135 cm³/mol. The van der Waals surface area contributed by atoms with Gasteiger partial charge in [0.05, 0.1) is 24.4 Å². The Kier molecular flexibility index (Phi) is 7.05. The average Bonchev–Trinajstić information content (AvgIpc) is 3.21. The number of halogens is 2. The molecule has 34 heavy (non-hydrogen) atoms. The summed E-state index contributed by atoms with van der Waals surface area (Å²) in [5, 5.41) is 12.8. The number of methoxy groups -OCH3 is 1. The highest BCUT2D eigenvalue weighted by molar-refractivity contribution is 6.36. The van der Waals surface area contributed by atoms with Crippen molar-refractivity contribution in [1.82, 2.24) is 15.0 Å². The Morgan fingerprint density at radius 3 is 2.47 bits per heavy atom. The van der Waals surface area contributed by atoms with Crippen molar-refractivity contribution in [2.75, 3.05) is 19.0 Å². The van der Waals surface area contributed by atoms with Gasteiger partial charge in [0.1, 0.15) is 22.5 Å². The second kappa shape index (κ2) is 10.2. The van der Waals surface area contributed by atoms with E-state index in [4.69, 9.17) is 32.7 Å². The zero-order valence-electron chi connectivity index (χ0n) is 18.8. The number of carbonyl (C=O) groups is 1. The number of aryl methyl sites for hydroxylation is 1. The molecule has 0 radical (unpaired) electrons. The van der Waals surface area contributed by atoms with Gasteiger partial charge in [-0.15, -0.1) is 10.2 Å². The molecule has 174 valence electrons. The minimum absolute atomic E-state index is 0.320. The van der Waals surface area contributed by atoms with Crippen molar-refractivity contribution < 1.29 is 14.3 Å². The summed E-state index contributed by atoms with van der Waals surface area (Å²) in [6.45, 7) is 4.44. The molecular weight excluding hydrogens is 475 g/mol. The molecule has 0 spiro atoms. The quantitative estimate of drug-likeness (QED) is 0.313. The van der Waals surface area contributed by atoms with Gasteiger partial charge in [0, 0.05) is 22.3 Å². The lowest BCUT2D eigenvalue weighted by Gasteiger charge is -2.08. The highest BCUT2D eigenvalue weighted by Crippen LogP contribution is 2.33. The summed E-state index contributed by atoms with van der Waals surface area (Å²) >= 11 is 12.2. The molecule has 1 N–H and O–H groups in total. The molecule has 0 atom stereocenters. The van der Waals surface area contributed by atoms with Crippen LogP contribution in [0.2, 0.25) is 10.0 Å². The number of nitrogens with zero attached hydrogens (tertiary/aromatic N) is 3. The molecule has 1 heterocycles. The molecule has 4 rings (SSSR count). The number of fused-ring (bicyclic) bond motifs is 1. The number of hydrogen-bond donors (Lipinski definition) is 1. The van der Waals surface area contributed by atoms with Gasteiger partial charge in [0.2, 0.25) is 5.91 Å². The molecule has 0 fully saturated rings. The number of hydrogen-bond acceptors (Lipinski definition) is 5. The van der Waals surface area contributed by atoms with E-state index in [2.05, 4.69) is 15.5 Å². The van der Waals surface area contributed by atoms with Crippen molar-refractivity contribution in [1.29, 1.82) is 0 Å². The van der Waals surface area contributed by atoms with Crippen molar-refractivity contribution in [3.05, 3.63) is 75.8 Å². The third-order valence-corrected chi connectivity index (χ3v) is 5.52. The summed E-state index contributed by atoms with van der Waals surface area (Å²) in [6, 6.07) is 14.5. The molecule has 7 nitrogen and oxygen atoms in total. The number of ether oxygens (including phenoxy) is 2. The molecule has 0 aliphatic heterocycles. The van der Waals surface area contributed by atoms with E-state index >= 15 is 0 Å². The molecule has 0 saturated carbocycles. The van der Waals surface area contributed by atoms with Gasteiger partial charge in [-0.3, -0.25) is 4.79 Å². The third-order valence-electron chi connectivity index (χ3n) is 5.02. The van der Waals surface area contributed by atoms with Gasteiger partial charge in [0.25, 0.3) is 0 Å². The Hall–Kier alpha value is -3.55. The minimum atomic E-state index is -0.320. The topological polar surface area (TPSA) is 78.3 Å². The fourth-order valence-electron chi connectivity index (χ4n) is 3.42. The summed E-state index contributed by atoms with van der Waals surface area (Å²) in [5.74, 6) is 0.910. The fourth-order valence-corrected chi connectivity index (χ4v) is 4.01. The van der Waals surface area contributed by atoms with E-state index in [1.807, 2.05) is 44.2 Å². The van der Waals surface area contributed by atoms with Crippen LogP contribution in [0.4, 0.5) is 5.69 Å². The fraction of sp³-hybridized carbons (Fsp3) is 0.160. The maximum absolute atomic E-state index is 12.6. The van der Waals surface area contributed by atoms with Crippen LogP contribution in [-0.4, -0.2) is 34.6 Å². The lowest BCUT2D eigenvalue weighted by atomic mass is 10.1. The monoisotopic (exact) mass is 496 g/mol. The van der Waals surface area contributed by atoms with Crippen LogP contribution < -0.4 is 14.8 Å². The van der Waals surface area contributed by atoms with Crippen molar-refractivity contribution in [3.63, 3.8) is 0 Å². The SMILES string of the molecule is CCOc1ccc(-n2nc3cc(C)c(NC(=O)/C=C/c4cc(Cl)cc(Cl)c4OC)cc3n2)cc1. The largest absolute Gasteiger partial charge is 0.495 e. The zero-order chi connectivity index (χ0) is 24.2. The number of rotatable bonds is 7. The van der Waals surface area contributed by atoms with Crippen LogP contribution in [0.15, 0.2) is 54.6 Å². The second-order valence-corrected chi connectivity index (χ2v) is 8.25. The molecular formula is C25H22Cl2N4O3. The van der Waals surface area contributed by atoms with Crippen LogP contribution in [0.3, 0.4) is 0 Å². The first-order chi connectivity index (χ1) is 16.4. The molecule has 3 aromatic carbocycles. The first-order valence-electron chi connectivity index (χ1n) is 10.5. The maximum Gasteiger partial charge on any atom is 0.248 e. The van der Waals surface area contributed by atoms with Crippen LogP contribution in [0, 0.1) is 6.92 Å². The highest BCUT2D eigenvalue weighted by atomic mass is 35.5. The predicted octanol–water partition coefficient (Wildman–Crippen LogP) is 6.09. The minimum Gasteiger partial charge on any atom is -0.495 e. The molecule has 1 aromatic heterocycles. The van der Waals surface area contributed by atoms with Gasteiger partial charge in [-0.2, -0.15) is 4.80 Å². The van der Waals surface area contributed by atoms with E-state index in [0.717, 1.165) is 22.5 Å². The molecule has 0 aliphatic rings. The van der Waals surface area contributed by atoms with E-state index in [0.29, 0.717) is 39.2 Å². The second-order valence-electron chi connectivity index (χ2n) is 7.40. The Morgan fingerprint density at radius 1 is 1.09 bits per heavy atom. The molecule has 1 amide bonds. The van der Waals surface area contributed by atoms with E-state index in [-0.39, 0.29) is 5.91 Å². The number of anilines is 1. The molecule has 9 heteroatoms. The highest BCUT2D eigenvalue weighted by Gasteiger charge is 2.11. The Balaban J connectivity index is 1.55. The molecule has 0 bridgehead atoms. The normalized spacial score (nSPS) is 11.2.